The Morgan fingerprint density at radius 1 is 1.16 bits per heavy atom. The standard InChI is InChI=1S/C17H25ClO/c1-3-13-4-8-15(9-5-13)17(2,19)12-14-6-10-16(18)11-7-14/h6-7,10-11,13,15,19H,3-5,8-9,12H2,1-2H3. The van der Waals surface area contributed by atoms with Crippen LogP contribution in [0.1, 0.15) is 51.5 Å². The average Bonchev–Trinajstić information content (AvgIpc) is 2.41. The molecule has 0 amide bonds. The second-order valence-corrected chi connectivity index (χ2v) is 6.72. The maximum absolute atomic E-state index is 10.8. The normalized spacial score (nSPS) is 26.9. The van der Waals surface area contributed by atoms with Crippen molar-refractivity contribution in [2.75, 3.05) is 0 Å². The highest BCUT2D eigenvalue weighted by molar-refractivity contribution is 6.30. The van der Waals surface area contributed by atoms with Gasteiger partial charge in [0.1, 0.15) is 0 Å². The van der Waals surface area contributed by atoms with Crippen LogP contribution >= 0.6 is 11.6 Å². The molecular weight excluding hydrogens is 256 g/mol. The number of rotatable bonds is 4. The zero-order valence-electron chi connectivity index (χ0n) is 12.0. The van der Waals surface area contributed by atoms with E-state index < -0.39 is 5.60 Å². The third-order valence-corrected chi connectivity index (χ3v) is 5.03. The molecule has 0 aliphatic heterocycles. The maximum Gasteiger partial charge on any atom is 0.0687 e. The van der Waals surface area contributed by atoms with Gasteiger partial charge in [-0.1, -0.05) is 49.9 Å². The molecule has 1 fully saturated rings. The Balaban J connectivity index is 1.96. The van der Waals surface area contributed by atoms with Crippen molar-refractivity contribution in [3.63, 3.8) is 0 Å². The summed E-state index contributed by atoms with van der Waals surface area (Å²) < 4.78 is 0. The van der Waals surface area contributed by atoms with Crippen LogP contribution in [-0.4, -0.2) is 10.7 Å². The minimum absolute atomic E-state index is 0.436. The van der Waals surface area contributed by atoms with Gasteiger partial charge >= 0.3 is 0 Å². The zero-order chi connectivity index (χ0) is 13.9. The van der Waals surface area contributed by atoms with Gasteiger partial charge in [0.15, 0.2) is 0 Å². The largest absolute Gasteiger partial charge is 0.390 e. The van der Waals surface area contributed by atoms with E-state index in [-0.39, 0.29) is 0 Å². The van der Waals surface area contributed by atoms with Gasteiger partial charge in [-0.05, 0) is 49.3 Å². The van der Waals surface area contributed by atoms with E-state index in [1.165, 1.54) is 37.7 Å². The molecule has 1 aliphatic carbocycles. The van der Waals surface area contributed by atoms with Gasteiger partial charge in [0.2, 0.25) is 0 Å². The van der Waals surface area contributed by atoms with Gasteiger partial charge in [0.05, 0.1) is 5.60 Å². The van der Waals surface area contributed by atoms with Crippen LogP contribution in [0.25, 0.3) is 0 Å². The van der Waals surface area contributed by atoms with E-state index in [0.29, 0.717) is 5.92 Å². The molecule has 2 heteroatoms. The Morgan fingerprint density at radius 3 is 2.26 bits per heavy atom. The molecule has 0 saturated heterocycles. The highest BCUT2D eigenvalue weighted by Gasteiger charge is 2.34. The SMILES string of the molecule is CCC1CCC(C(C)(O)Cc2ccc(Cl)cc2)CC1. The summed E-state index contributed by atoms with van der Waals surface area (Å²) in [5.41, 5.74) is 0.582. The molecule has 0 aromatic heterocycles. The van der Waals surface area contributed by atoms with Gasteiger partial charge in [-0.15, -0.1) is 0 Å². The molecule has 1 nitrogen and oxygen atoms in total. The van der Waals surface area contributed by atoms with E-state index in [4.69, 9.17) is 11.6 Å². The van der Waals surface area contributed by atoms with Crippen LogP contribution in [0.15, 0.2) is 24.3 Å². The Hall–Kier alpha value is -0.530. The Labute approximate surface area is 122 Å². The molecule has 0 bridgehead atoms. The number of hydrogen-bond acceptors (Lipinski definition) is 1. The first-order valence-corrected chi connectivity index (χ1v) is 7.86. The summed E-state index contributed by atoms with van der Waals surface area (Å²) in [7, 11) is 0. The molecular formula is C17H25ClO. The van der Waals surface area contributed by atoms with E-state index >= 15 is 0 Å². The highest BCUT2D eigenvalue weighted by atomic mass is 35.5. The van der Waals surface area contributed by atoms with Crippen LogP contribution in [0.5, 0.6) is 0 Å². The molecule has 1 N–H and O–H groups in total. The lowest BCUT2D eigenvalue weighted by atomic mass is 9.71. The van der Waals surface area contributed by atoms with Gasteiger partial charge in [0.25, 0.3) is 0 Å². The van der Waals surface area contributed by atoms with Gasteiger partial charge in [0, 0.05) is 11.4 Å². The summed E-state index contributed by atoms with van der Waals surface area (Å²) in [5, 5.41) is 11.5. The number of aliphatic hydroxyl groups is 1. The van der Waals surface area contributed by atoms with Crippen LogP contribution < -0.4 is 0 Å². The molecule has 19 heavy (non-hydrogen) atoms. The molecule has 2 rings (SSSR count). The van der Waals surface area contributed by atoms with Crippen molar-refractivity contribution < 1.29 is 5.11 Å². The van der Waals surface area contributed by atoms with Gasteiger partial charge in [-0.3, -0.25) is 0 Å². The smallest absolute Gasteiger partial charge is 0.0687 e. The minimum Gasteiger partial charge on any atom is -0.390 e. The fourth-order valence-electron chi connectivity index (χ4n) is 3.35. The fraction of sp³-hybridized carbons (Fsp3) is 0.647. The second kappa shape index (κ2) is 6.28. The van der Waals surface area contributed by atoms with Gasteiger partial charge in [-0.2, -0.15) is 0 Å². The monoisotopic (exact) mass is 280 g/mol. The first kappa shape index (κ1) is 14.9. The first-order valence-electron chi connectivity index (χ1n) is 7.48. The molecule has 0 radical (unpaired) electrons. The topological polar surface area (TPSA) is 20.2 Å². The van der Waals surface area contributed by atoms with E-state index in [1.807, 2.05) is 31.2 Å². The lowest BCUT2D eigenvalue weighted by Gasteiger charge is -2.38. The molecule has 1 aliphatic rings. The van der Waals surface area contributed by atoms with Crippen molar-refractivity contribution in [1.82, 2.24) is 0 Å². The Morgan fingerprint density at radius 2 is 1.74 bits per heavy atom. The highest BCUT2D eigenvalue weighted by Crippen LogP contribution is 2.38. The number of halogens is 1. The molecule has 1 saturated carbocycles. The summed E-state index contributed by atoms with van der Waals surface area (Å²) in [6, 6.07) is 7.85. The van der Waals surface area contributed by atoms with Crippen LogP contribution in [0.4, 0.5) is 0 Å². The Bertz CT molecular complexity index is 388. The van der Waals surface area contributed by atoms with Crippen molar-refractivity contribution in [1.29, 1.82) is 0 Å². The number of hydrogen-bond donors (Lipinski definition) is 1. The molecule has 1 unspecified atom stereocenters. The number of benzene rings is 1. The van der Waals surface area contributed by atoms with Crippen LogP contribution in [0, 0.1) is 11.8 Å². The molecule has 1 aromatic carbocycles. The Kier molecular flexibility index (Phi) is 4.92. The van der Waals surface area contributed by atoms with E-state index in [9.17, 15) is 5.11 Å². The summed E-state index contributed by atoms with van der Waals surface area (Å²) in [6.07, 6.45) is 6.89. The molecule has 1 atom stereocenters. The maximum atomic E-state index is 10.8. The van der Waals surface area contributed by atoms with Crippen molar-refractivity contribution in [2.24, 2.45) is 11.8 Å². The first-order chi connectivity index (χ1) is 9.01. The van der Waals surface area contributed by atoms with E-state index in [2.05, 4.69) is 6.92 Å². The third kappa shape index (κ3) is 3.97. The summed E-state index contributed by atoms with van der Waals surface area (Å²) in [4.78, 5) is 0. The molecule has 1 aromatic rings. The van der Waals surface area contributed by atoms with Gasteiger partial charge < -0.3 is 5.11 Å². The minimum atomic E-state index is -0.591. The molecule has 106 valence electrons. The third-order valence-electron chi connectivity index (χ3n) is 4.78. The van der Waals surface area contributed by atoms with E-state index in [1.54, 1.807) is 0 Å². The zero-order valence-corrected chi connectivity index (χ0v) is 12.8. The second-order valence-electron chi connectivity index (χ2n) is 6.29. The van der Waals surface area contributed by atoms with E-state index in [0.717, 1.165) is 17.4 Å². The summed E-state index contributed by atoms with van der Waals surface area (Å²) >= 11 is 5.90. The van der Waals surface area contributed by atoms with Gasteiger partial charge in [-0.25, -0.2) is 0 Å². The summed E-state index contributed by atoms with van der Waals surface area (Å²) in [5.74, 6) is 1.31. The lowest BCUT2D eigenvalue weighted by Crippen LogP contribution is -2.39. The van der Waals surface area contributed by atoms with Crippen LogP contribution in [0.3, 0.4) is 0 Å². The molecule has 0 heterocycles. The fourth-order valence-corrected chi connectivity index (χ4v) is 3.48. The van der Waals surface area contributed by atoms with Crippen LogP contribution in [0.2, 0.25) is 5.02 Å². The van der Waals surface area contributed by atoms with Crippen molar-refractivity contribution >= 4 is 11.6 Å². The van der Waals surface area contributed by atoms with Crippen molar-refractivity contribution in [3.05, 3.63) is 34.9 Å². The van der Waals surface area contributed by atoms with Crippen molar-refractivity contribution in [2.45, 2.75) is 58.0 Å². The predicted octanol–water partition coefficient (Wildman–Crippen LogP) is 4.85. The average molecular weight is 281 g/mol. The predicted molar refractivity (Wildman–Crippen MR) is 81.5 cm³/mol. The quantitative estimate of drug-likeness (QED) is 0.836. The summed E-state index contributed by atoms with van der Waals surface area (Å²) in [6.45, 7) is 4.27. The van der Waals surface area contributed by atoms with Crippen molar-refractivity contribution in [3.8, 4) is 0 Å². The molecule has 0 spiro atoms. The lowest BCUT2D eigenvalue weighted by molar-refractivity contribution is -0.0220. The van der Waals surface area contributed by atoms with Crippen LogP contribution in [-0.2, 0) is 6.42 Å².